The Hall–Kier alpha value is -3.06. The molecule has 1 aliphatic heterocycles. The summed E-state index contributed by atoms with van der Waals surface area (Å²) in [5, 5.41) is 3.61. The Labute approximate surface area is 153 Å². The maximum atomic E-state index is 12.2. The summed E-state index contributed by atoms with van der Waals surface area (Å²) in [4.78, 5) is 41.0. The van der Waals surface area contributed by atoms with Gasteiger partial charge in [-0.15, -0.1) is 11.3 Å². The average Bonchev–Trinajstić information content (AvgIpc) is 3.20. The number of para-hydroxylation sites is 1. The standard InChI is InChI=1S/C19H15N3O3S/c23-16(11-22-17(24)8-9-18(22)25)20-13-5-3-4-12(10-13)19-21-14-6-1-2-7-15(14)26-19/h1-7,10H,8-9,11H2,(H,20,23). The van der Waals surface area contributed by atoms with Gasteiger partial charge in [0.25, 0.3) is 0 Å². The summed E-state index contributed by atoms with van der Waals surface area (Å²) < 4.78 is 1.10. The number of fused-ring (bicyclic) bond motifs is 1. The number of hydrogen-bond donors (Lipinski definition) is 1. The van der Waals surface area contributed by atoms with E-state index in [9.17, 15) is 14.4 Å². The van der Waals surface area contributed by atoms with Crippen molar-refractivity contribution in [1.29, 1.82) is 0 Å². The van der Waals surface area contributed by atoms with Crippen molar-refractivity contribution in [3.63, 3.8) is 0 Å². The monoisotopic (exact) mass is 365 g/mol. The first-order valence-corrected chi connectivity index (χ1v) is 9.01. The summed E-state index contributed by atoms with van der Waals surface area (Å²) in [6, 6.07) is 15.3. The van der Waals surface area contributed by atoms with E-state index in [4.69, 9.17) is 0 Å². The minimum Gasteiger partial charge on any atom is -0.325 e. The lowest BCUT2D eigenvalue weighted by atomic mass is 10.2. The topological polar surface area (TPSA) is 79.4 Å². The number of carbonyl (C=O) groups is 3. The predicted octanol–water partition coefficient (Wildman–Crippen LogP) is 3.05. The fourth-order valence-corrected chi connectivity index (χ4v) is 3.83. The predicted molar refractivity (Wildman–Crippen MR) is 99.6 cm³/mol. The van der Waals surface area contributed by atoms with Crippen molar-refractivity contribution in [1.82, 2.24) is 9.88 Å². The molecule has 1 fully saturated rings. The molecular formula is C19H15N3O3S. The molecule has 3 amide bonds. The Morgan fingerprint density at radius 2 is 1.85 bits per heavy atom. The number of anilines is 1. The molecule has 7 heteroatoms. The minimum atomic E-state index is -0.393. The summed E-state index contributed by atoms with van der Waals surface area (Å²) in [5.41, 5.74) is 2.44. The van der Waals surface area contributed by atoms with E-state index in [1.165, 1.54) is 0 Å². The number of carbonyl (C=O) groups excluding carboxylic acids is 3. The van der Waals surface area contributed by atoms with Crippen LogP contribution in [0.5, 0.6) is 0 Å². The van der Waals surface area contributed by atoms with Crippen LogP contribution in [0.15, 0.2) is 48.5 Å². The van der Waals surface area contributed by atoms with Crippen LogP contribution in [0.25, 0.3) is 20.8 Å². The fourth-order valence-electron chi connectivity index (χ4n) is 2.87. The minimum absolute atomic E-state index is 0.180. The van der Waals surface area contributed by atoms with Crippen molar-refractivity contribution in [3.05, 3.63) is 48.5 Å². The third kappa shape index (κ3) is 3.21. The Balaban J connectivity index is 1.51. The van der Waals surface area contributed by atoms with E-state index in [2.05, 4.69) is 10.3 Å². The maximum absolute atomic E-state index is 12.2. The lowest BCUT2D eigenvalue weighted by Crippen LogP contribution is -2.36. The zero-order valence-corrected chi connectivity index (χ0v) is 14.6. The molecule has 2 aromatic carbocycles. The number of nitrogens with one attached hydrogen (secondary N) is 1. The van der Waals surface area contributed by atoms with Crippen LogP contribution in [0.3, 0.4) is 0 Å². The number of thiazole rings is 1. The molecule has 6 nitrogen and oxygen atoms in total. The molecule has 0 aliphatic carbocycles. The first-order valence-electron chi connectivity index (χ1n) is 8.19. The van der Waals surface area contributed by atoms with E-state index in [0.29, 0.717) is 5.69 Å². The SMILES string of the molecule is O=C(CN1C(=O)CCC1=O)Nc1cccc(-c2nc3ccccc3s2)c1. The average molecular weight is 365 g/mol. The number of benzene rings is 2. The van der Waals surface area contributed by atoms with Gasteiger partial charge < -0.3 is 5.32 Å². The Kier molecular flexibility index (Phi) is 4.22. The van der Waals surface area contributed by atoms with Crippen LogP contribution in [-0.4, -0.2) is 34.2 Å². The van der Waals surface area contributed by atoms with E-state index < -0.39 is 5.91 Å². The summed E-state index contributed by atoms with van der Waals surface area (Å²) in [7, 11) is 0. The van der Waals surface area contributed by atoms with Gasteiger partial charge in [0.2, 0.25) is 17.7 Å². The third-order valence-electron chi connectivity index (χ3n) is 4.14. The highest BCUT2D eigenvalue weighted by Crippen LogP contribution is 2.31. The number of aromatic nitrogens is 1. The normalized spacial score (nSPS) is 14.2. The molecule has 0 bridgehead atoms. The summed E-state index contributed by atoms with van der Waals surface area (Å²) in [6.07, 6.45) is 0.360. The molecule has 26 heavy (non-hydrogen) atoms. The van der Waals surface area contributed by atoms with Crippen LogP contribution in [0.2, 0.25) is 0 Å². The molecule has 4 rings (SSSR count). The van der Waals surface area contributed by atoms with Crippen molar-refractivity contribution >= 4 is 45.0 Å². The van der Waals surface area contributed by atoms with Gasteiger partial charge in [0, 0.05) is 24.1 Å². The second-order valence-corrected chi connectivity index (χ2v) is 7.02. The number of hydrogen-bond acceptors (Lipinski definition) is 5. The summed E-state index contributed by atoms with van der Waals surface area (Å²) in [6.45, 7) is -0.247. The molecule has 0 atom stereocenters. The van der Waals surface area contributed by atoms with Gasteiger partial charge in [0.05, 0.1) is 10.2 Å². The Bertz CT molecular complexity index is 979. The quantitative estimate of drug-likeness (QED) is 0.721. The van der Waals surface area contributed by atoms with E-state index in [-0.39, 0.29) is 31.2 Å². The smallest absolute Gasteiger partial charge is 0.244 e. The summed E-state index contributed by atoms with van der Waals surface area (Å²) in [5.74, 6) is -0.989. The zero-order valence-electron chi connectivity index (χ0n) is 13.8. The van der Waals surface area contributed by atoms with Crippen LogP contribution in [0, 0.1) is 0 Å². The number of imide groups is 1. The first kappa shape index (κ1) is 16.4. The molecule has 1 N–H and O–H groups in total. The van der Waals surface area contributed by atoms with Crippen LogP contribution in [-0.2, 0) is 14.4 Å². The summed E-state index contributed by atoms with van der Waals surface area (Å²) >= 11 is 1.58. The van der Waals surface area contributed by atoms with Gasteiger partial charge in [-0.05, 0) is 24.3 Å². The molecule has 2 heterocycles. The molecule has 3 aromatic rings. The highest BCUT2D eigenvalue weighted by Gasteiger charge is 2.30. The number of amides is 3. The number of nitrogens with zero attached hydrogens (tertiary/aromatic N) is 2. The lowest BCUT2D eigenvalue weighted by molar-refractivity contribution is -0.141. The zero-order chi connectivity index (χ0) is 18.1. The maximum Gasteiger partial charge on any atom is 0.244 e. The van der Waals surface area contributed by atoms with Crippen molar-refractivity contribution < 1.29 is 14.4 Å². The Morgan fingerprint density at radius 1 is 1.08 bits per heavy atom. The third-order valence-corrected chi connectivity index (χ3v) is 5.23. The molecule has 0 unspecified atom stereocenters. The van der Waals surface area contributed by atoms with Gasteiger partial charge in [0.15, 0.2) is 0 Å². The second kappa shape index (κ2) is 6.68. The van der Waals surface area contributed by atoms with Gasteiger partial charge in [-0.2, -0.15) is 0 Å². The van der Waals surface area contributed by atoms with Crippen molar-refractivity contribution in [2.24, 2.45) is 0 Å². The number of rotatable bonds is 4. The van der Waals surface area contributed by atoms with Crippen LogP contribution in [0.4, 0.5) is 5.69 Å². The fraction of sp³-hybridized carbons (Fsp3) is 0.158. The first-order chi connectivity index (χ1) is 12.6. The highest BCUT2D eigenvalue weighted by atomic mass is 32.1. The van der Waals surface area contributed by atoms with E-state index in [1.54, 1.807) is 17.4 Å². The lowest BCUT2D eigenvalue weighted by Gasteiger charge is -2.13. The van der Waals surface area contributed by atoms with Gasteiger partial charge in [0.1, 0.15) is 11.6 Å². The highest BCUT2D eigenvalue weighted by molar-refractivity contribution is 7.21. The van der Waals surface area contributed by atoms with Crippen molar-refractivity contribution in [2.45, 2.75) is 12.8 Å². The van der Waals surface area contributed by atoms with Gasteiger partial charge in [-0.1, -0.05) is 24.3 Å². The Morgan fingerprint density at radius 3 is 2.62 bits per heavy atom. The van der Waals surface area contributed by atoms with Crippen molar-refractivity contribution in [3.8, 4) is 10.6 Å². The molecule has 1 aliphatic rings. The molecule has 130 valence electrons. The molecule has 0 saturated carbocycles. The van der Waals surface area contributed by atoms with E-state index in [0.717, 1.165) is 25.7 Å². The van der Waals surface area contributed by atoms with E-state index in [1.807, 2.05) is 42.5 Å². The van der Waals surface area contributed by atoms with Gasteiger partial charge in [-0.3, -0.25) is 19.3 Å². The van der Waals surface area contributed by atoms with Crippen LogP contribution >= 0.6 is 11.3 Å². The molecule has 1 saturated heterocycles. The largest absolute Gasteiger partial charge is 0.325 e. The van der Waals surface area contributed by atoms with E-state index >= 15 is 0 Å². The van der Waals surface area contributed by atoms with Gasteiger partial charge >= 0.3 is 0 Å². The van der Waals surface area contributed by atoms with Gasteiger partial charge in [-0.25, -0.2) is 4.98 Å². The second-order valence-electron chi connectivity index (χ2n) is 5.99. The molecule has 0 spiro atoms. The van der Waals surface area contributed by atoms with Crippen LogP contribution < -0.4 is 5.32 Å². The molecule has 0 radical (unpaired) electrons. The molecule has 1 aromatic heterocycles. The number of likely N-dealkylation sites (tertiary alicyclic amines) is 1. The van der Waals surface area contributed by atoms with Crippen LogP contribution in [0.1, 0.15) is 12.8 Å². The van der Waals surface area contributed by atoms with Crippen molar-refractivity contribution in [2.75, 3.05) is 11.9 Å². The molecular weight excluding hydrogens is 350 g/mol.